The monoisotopic (exact) mass is 270 g/mol. The highest BCUT2D eigenvalue weighted by molar-refractivity contribution is 5.48. The number of nitrogens with two attached hydrogens (primary N) is 1. The van der Waals surface area contributed by atoms with E-state index in [0.717, 1.165) is 35.9 Å². The number of nitrogens with zero attached hydrogens (tertiary/aromatic N) is 3. The fourth-order valence-corrected chi connectivity index (χ4v) is 2.25. The van der Waals surface area contributed by atoms with E-state index in [2.05, 4.69) is 21.8 Å². The van der Waals surface area contributed by atoms with Gasteiger partial charge in [-0.1, -0.05) is 12.1 Å². The van der Waals surface area contributed by atoms with Crippen molar-refractivity contribution < 1.29 is 0 Å². The Bertz CT molecular complexity index is 566. The molecule has 0 aliphatic rings. The molecule has 2 aromatic heterocycles. The lowest BCUT2D eigenvalue weighted by atomic mass is 10.1. The van der Waals surface area contributed by atoms with Gasteiger partial charge >= 0.3 is 0 Å². The van der Waals surface area contributed by atoms with E-state index in [1.807, 2.05) is 50.4 Å². The fraction of sp³-hybridized carbons (Fsp3) is 0.375. The summed E-state index contributed by atoms with van der Waals surface area (Å²) in [6.45, 7) is 7.73. The van der Waals surface area contributed by atoms with E-state index in [4.69, 9.17) is 5.73 Å². The highest BCUT2D eigenvalue weighted by atomic mass is 15.2. The molecule has 0 radical (unpaired) electrons. The Hall–Kier alpha value is -1.94. The van der Waals surface area contributed by atoms with Crippen LogP contribution in [0.25, 0.3) is 0 Å². The average molecular weight is 270 g/mol. The summed E-state index contributed by atoms with van der Waals surface area (Å²) in [4.78, 5) is 11.3. The average Bonchev–Trinajstić information content (AvgIpc) is 2.45. The predicted molar refractivity (Wildman–Crippen MR) is 82.5 cm³/mol. The zero-order valence-corrected chi connectivity index (χ0v) is 12.4. The van der Waals surface area contributed by atoms with Crippen LogP contribution in [0.5, 0.6) is 0 Å². The lowest BCUT2D eigenvalue weighted by molar-refractivity contribution is 0.751. The van der Waals surface area contributed by atoms with Crippen molar-refractivity contribution in [1.29, 1.82) is 0 Å². The van der Waals surface area contributed by atoms with Gasteiger partial charge in [-0.15, -0.1) is 0 Å². The summed E-state index contributed by atoms with van der Waals surface area (Å²) in [5, 5.41) is 0. The van der Waals surface area contributed by atoms with Crippen LogP contribution in [0, 0.1) is 6.92 Å². The van der Waals surface area contributed by atoms with E-state index in [1.165, 1.54) is 0 Å². The summed E-state index contributed by atoms with van der Waals surface area (Å²) in [6, 6.07) is 10.0. The molecule has 0 aromatic carbocycles. The van der Waals surface area contributed by atoms with Crippen LogP contribution in [-0.4, -0.2) is 16.5 Å². The van der Waals surface area contributed by atoms with E-state index in [0.29, 0.717) is 0 Å². The van der Waals surface area contributed by atoms with Gasteiger partial charge in [-0.2, -0.15) is 0 Å². The number of anilines is 1. The topological polar surface area (TPSA) is 55.0 Å². The Morgan fingerprint density at radius 1 is 1.25 bits per heavy atom. The number of hydrogen-bond donors (Lipinski definition) is 1. The van der Waals surface area contributed by atoms with Gasteiger partial charge < -0.3 is 10.6 Å². The number of rotatable bonds is 5. The van der Waals surface area contributed by atoms with Crippen molar-refractivity contribution in [3.05, 3.63) is 53.5 Å². The first-order valence-electron chi connectivity index (χ1n) is 6.99. The predicted octanol–water partition coefficient (Wildman–Crippen LogP) is 2.83. The lowest BCUT2D eigenvalue weighted by Gasteiger charge is -2.25. The fourth-order valence-electron chi connectivity index (χ4n) is 2.25. The molecule has 1 atom stereocenters. The third kappa shape index (κ3) is 3.33. The van der Waals surface area contributed by atoms with E-state index in [1.54, 1.807) is 0 Å². The zero-order valence-electron chi connectivity index (χ0n) is 12.4. The van der Waals surface area contributed by atoms with Crippen LogP contribution in [-0.2, 0) is 6.54 Å². The molecule has 0 bridgehead atoms. The third-order valence-corrected chi connectivity index (χ3v) is 3.29. The first-order chi connectivity index (χ1) is 9.61. The minimum absolute atomic E-state index is 0.0294. The third-order valence-electron chi connectivity index (χ3n) is 3.29. The van der Waals surface area contributed by atoms with Crippen molar-refractivity contribution in [1.82, 2.24) is 9.97 Å². The van der Waals surface area contributed by atoms with Gasteiger partial charge in [0, 0.05) is 30.0 Å². The molecular weight excluding hydrogens is 248 g/mol. The van der Waals surface area contributed by atoms with Gasteiger partial charge in [-0.05, 0) is 39.0 Å². The summed E-state index contributed by atoms with van der Waals surface area (Å²) < 4.78 is 0. The zero-order chi connectivity index (χ0) is 14.5. The largest absolute Gasteiger partial charge is 0.351 e. The van der Waals surface area contributed by atoms with Gasteiger partial charge in [0.05, 0.1) is 12.2 Å². The van der Waals surface area contributed by atoms with Crippen molar-refractivity contribution in [3.63, 3.8) is 0 Å². The normalized spacial score (nSPS) is 12.2. The molecule has 2 rings (SSSR count). The molecule has 2 aromatic rings. The van der Waals surface area contributed by atoms with E-state index in [9.17, 15) is 0 Å². The Kier molecular flexibility index (Phi) is 4.69. The first kappa shape index (κ1) is 14.5. The van der Waals surface area contributed by atoms with E-state index in [-0.39, 0.29) is 6.04 Å². The van der Waals surface area contributed by atoms with Crippen LogP contribution in [0.1, 0.15) is 36.8 Å². The number of pyridine rings is 2. The van der Waals surface area contributed by atoms with Gasteiger partial charge in [0.2, 0.25) is 0 Å². The number of aromatic nitrogens is 2. The standard InChI is InChI=1S/C16H22N4/c1-4-20(11-14-8-5-7-12(2)19-14)16-15(13(3)17)9-6-10-18-16/h5-10,13H,4,11,17H2,1-3H3. The molecule has 0 aliphatic carbocycles. The second kappa shape index (κ2) is 6.48. The van der Waals surface area contributed by atoms with Crippen molar-refractivity contribution in [2.45, 2.75) is 33.4 Å². The van der Waals surface area contributed by atoms with Crippen LogP contribution in [0.2, 0.25) is 0 Å². The molecule has 0 spiro atoms. The molecule has 2 heterocycles. The number of aryl methyl sites for hydroxylation is 1. The van der Waals surface area contributed by atoms with Crippen LogP contribution in [0.4, 0.5) is 5.82 Å². The smallest absolute Gasteiger partial charge is 0.133 e. The summed E-state index contributed by atoms with van der Waals surface area (Å²) >= 11 is 0. The molecule has 2 N–H and O–H groups in total. The minimum atomic E-state index is -0.0294. The molecule has 0 saturated heterocycles. The maximum absolute atomic E-state index is 6.04. The Labute approximate surface area is 120 Å². The quantitative estimate of drug-likeness (QED) is 0.907. The molecule has 0 fully saturated rings. The van der Waals surface area contributed by atoms with E-state index >= 15 is 0 Å². The molecule has 106 valence electrons. The maximum Gasteiger partial charge on any atom is 0.133 e. The molecular formula is C16H22N4. The van der Waals surface area contributed by atoms with Crippen molar-refractivity contribution >= 4 is 5.82 Å². The Morgan fingerprint density at radius 2 is 2.05 bits per heavy atom. The molecule has 0 aliphatic heterocycles. The summed E-state index contributed by atoms with van der Waals surface area (Å²) in [6.07, 6.45) is 1.81. The van der Waals surface area contributed by atoms with E-state index < -0.39 is 0 Å². The van der Waals surface area contributed by atoms with Crippen molar-refractivity contribution in [2.24, 2.45) is 5.73 Å². The molecule has 0 saturated carbocycles. The summed E-state index contributed by atoms with van der Waals surface area (Å²) in [5.41, 5.74) is 9.20. The van der Waals surface area contributed by atoms with Crippen molar-refractivity contribution in [3.8, 4) is 0 Å². The molecule has 4 nitrogen and oxygen atoms in total. The van der Waals surface area contributed by atoms with Crippen LogP contribution in [0.3, 0.4) is 0 Å². The van der Waals surface area contributed by atoms with Crippen LogP contribution >= 0.6 is 0 Å². The van der Waals surface area contributed by atoms with Gasteiger partial charge in [0.15, 0.2) is 0 Å². The maximum atomic E-state index is 6.04. The minimum Gasteiger partial charge on any atom is -0.351 e. The highest BCUT2D eigenvalue weighted by Gasteiger charge is 2.14. The summed E-state index contributed by atoms with van der Waals surface area (Å²) in [7, 11) is 0. The Balaban J connectivity index is 2.29. The molecule has 0 amide bonds. The lowest BCUT2D eigenvalue weighted by Crippen LogP contribution is -2.26. The van der Waals surface area contributed by atoms with Crippen LogP contribution < -0.4 is 10.6 Å². The molecule has 20 heavy (non-hydrogen) atoms. The Morgan fingerprint density at radius 3 is 2.70 bits per heavy atom. The summed E-state index contributed by atoms with van der Waals surface area (Å²) in [5.74, 6) is 0.952. The first-order valence-corrected chi connectivity index (χ1v) is 6.99. The van der Waals surface area contributed by atoms with Gasteiger partial charge in [0.1, 0.15) is 5.82 Å². The second-order valence-electron chi connectivity index (χ2n) is 4.99. The highest BCUT2D eigenvalue weighted by Crippen LogP contribution is 2.23. The van der Waals surface area contributed by atoms with Crippen LogP contribution in [0.15, 0.2) is 36.5 Å². The second-order valence-corrected chi connectivity index (χ2v) is 4.99. The van der Waals surface area contributed by atoms with Gasteiger partial charge in [-0.25, -0.2) is 4.98 Å². The van der Waals surface area contributed by atoms with Gasteiger partial charge in [-0.3, -0.25) is 4.98 Å². The molecule has 4 heteroatoms. The number of hydrogen-bond acceptors (Lipinski definition) is 4. The van der Waals surface area contributed by atoms with Gasteiger partial charge in [0.25, 0.3) is 0 Å². The molecule has 1 unspecified atom stereocenters. The SMILES string of the molecule is CCN(Cc1cccc(C)n1)c1ncccc1C(C)N. The van der Waals surface area contributed by atoms with Crippen molar-refractivity contribution in [2.75, 3.05) is 11.4 Å².